The maximum Gasteiger partial charge on any atom is 0.326 e. The van der Waals surface area contributed by atoms with E-state index >= 15 is 0 Å². The van der Waals surface area contributed by atoms with E-state index in [1.165, 1.54) is 32.1 Å². The summed E-state index contributed by atoms with van der Waals surface area (Å²) >= 11 is 0. The number of carbonyl (C=O) groups is 2. The third-order valence-corrected chi connectivity index (χ3v) is 9.69. The Morgan fingerprint density at radius 2 is 1.67 bits per heavy atom. The minimum Gasteiger partial charge on any atom is -0.492 e. The average Bonchev–Trinajstić information content (AvgIpc) is 3.01. The number of carboxylic acids is 1. The van der Waals surface area contributed by atoms with Crippen molar-refractivity contribution >= 4 is 21.7 Å². The molecule has 9 heteroatoms. The van der Waals surface area contributed by atoms with Gasteiger partial charge in [0.15, 0.2) is 0 Å². The molecule has 0 saturated heterocycles. The fraction of sp³-hybridized carbons (Fsp3) is 0.444. The average molecular weight is 635 g/mol. The molecule has 1 aliphatic rings. The fourth-order valence-electron chi connectivity index (χ4n) is 6.12. The third-order valence-electron chi connectivity index (χ3n) is 8.72. The lowest BCUT2D eigenvalue weighted by atomic mass is 9.84. The van der Waals surface area contributed by atoms with Crippen molar-refractivity contribution in [3.63, 3.8) is 0 Å². The van der Waals surface area contributed by atoms with Gasteiger partial charge in [-0.25, -0.2) is 13.2 Å². The van der Waals surface area contributed by atoms with Crippen LogP contribution in [0.2, 0.25) is 0 Å². The van der Waals surface area contributed by atoms with E-state index in [1.54, 1.807) is 6.07 Å². The van der Waals surface area contributed by atoms with Crippen molar-refractivity contribution in [2.45, 2.75) is 70.5 Å². The van der Waals surface area contributed by atoms with Gasteiger partial charge in [-0.15, -0.1) is 0 Å². The highest BCUT2D eigenvalue weighted by molar-refractivity contribution is 7.90. The molecule has 3 aromatic carbocycles. The number of likely N-dealkylation sites (N-methyl/N-ethyl adjacent to an activating group) is 1. The van der Waals surface area contributed by atoms with Gasteiger partial charge in [-0.1, -0.05) is 80.6 Å². The van der Waals surface area contributed by atoms with Crippen LogP contribution in [0.1, 0.15) is 66.4 Å². The maximum absolute atomic E-state index is 13.5. The molecule has 0 aromatic heterocycles. The smallest absolute Gasteiger partial charge is 0.326 e. The van der Waals surface area contributed by atoms with Gasteiger partial charge in [-0.2, -0.15) is 0 Å². The second-order valence-corrected chi connectivity index (χ2v) is 14.7. The van der Waals surface area contributed by atoms with Gasteiger partial charge in [-0.3, -0.25) is 9.69 Å². The van der Waals surface area contributed by atoms with Crippen LogP contribution in [-0.4, -0.2) is 68.0 Å². The molecular weight excluding hydrogens is 588 g/mol. The van der Waals surface area contributed by atoms with Gasteiger partial charge >= 0.3 is 5.97 Å². The molecule has 45 heavy (non-hydrogen) atoms. The van der Waals surface area contributed by atoms with E-state index in [-0.39, 0.29) is 18.2 Å². The Hall–Kier alpha value is -3.69. The molecule has 1 fully saturated rings. The number of aliphatic carboxylic acids is 1. The van der Waals surface area contributed by atoms with Crippen LogP contribution in [0.15, 0.2) is 72.8 Å². The Balaban J connectivity index is 1.59. The van der Waals surface area contributed by atoms with Gasteiger partial charge in [-0.05, 0) is 79.3 Å². The highest BCUT2D eigenvalue weighted by Crippen LogP contribution is 2.31. The summed E-state index contributed by atoms with van der Waals surface area (Å²) in [6.07, 6.45) is 8.25. The van der Waals surface area contributed by atoms with E-state index in [2.05, 4.69) is 17.3 Å². The molecule has 242 valence electrons. The van der Waals surface area contributed by atoms with Crippen molar-refractivity contribution in [3.8, 4) is 16.9 Å². The SMILES string of the molecule is Cc1ccccc1-c1cc(CN(C)[C@@H](COc2ccccc2)CC2CCCCC2)ccc1C(=O)N[C@@H](CCS(C)(=O)=O)C(=O)O. The number of para-hydroxylation sites is 1. The molecule has 0 aliphatic heterocycles. The number of ether oxygens (including phenoxy) is 1. The standard InChI is InChI=1S/C36H46N2O6S/c1-26-12-10-11-17-31(26)33-23-28(18-19-32(33)35(39)37-34(36(40)41)20-21-45(3,42)43)24-38(2)29(22-27-13-6-4-7-14-27)25-44-30-15-8-5-9-16-30/h5,8-12,15-19,23,27,29,34H,4,6-7,13-14,20-22,24-25H2,1-3H3,(H,37,39)(H,40,41)/t29-,34+/m1/s1. The molecule has 3 aromatic rings. The number of rotatable bonds is 15. The molecule has 8 nitrogen and oxygen atoms in total. The van der Waals surface area contributed by atoms with Crippen molar-refractivity contribution in [1.82, 2.24) is 10.2 Å². The number of carbonyl (C=O) groups excluding carboxylic acids is 1. The minimum atomic E-state index is -3.39. The molecule has 0 bridgehead atoms. The second-order valence-electron chi connectivity index (χ2n) is 12.4. The topological polar surface area (TPSA) is 113 Å². The van der Waals surface area contributed by atoms with Gasteiger partial charge in [0, 0.05) is 24.4 Å². The van der Waals surface area contributed by atoms with Crippen LogP contribution < -0.4 is 10.1 Å². The molecule has 0 heterocycles. The van der Waals surface area contributed by atoms with E-state index in [0.717, 1.165) is 35.1 Å². The van der Waals surface area contributed by atoms with Crippen LogP contribution in [0.4, 0.5) is 0 Å². The summed E-state index contributed by atoms with van der Waals surface area (Å²) in [7, 11) is -1.27. The Morgan fingerprint density at radius 3 is 2.33 bits per heavy atom. The summed E-state index contributed by atoms with van der Waals surface area (Å²) in [6, 6.07) is 22.2. The second kappa shape index (κ2) is 16.0. The lowest BCUT2D eigenvalue weighted by Crippen LogP contribution is -2.42. The van der Waals surface area contributed by atoms with Crippen molar-refractivity contribution in [2.24, 2.45) is 5.92 Å². The molecule has 2 N–H and O–H groups in total. The normalized spacial score (nSPS) is 15.4. The fourth-order valence-corrected chi connectivity index (χ4v) is 6.78. The van der Waals surface area contributed by atoms with E-state index < -0.39 is 27.8 Å². The Kier molecular flexibility index (Phi) is 12.2. The van der Waals surface area contributed by atoms with Crippen molar-refractivity contribution in [2.75, 3.05) is 25.7 Å². The molecule has 0 spiro atoms. The Labute approximate surface area is 267 Å². The first-order valence-electron chi connectivity index (χ1n) is 15.8. The largest absolute Gasteiger partial charge is 0.492 e. The number of nitrogens with one attached hydrogen (secondary N) is 1. The maximum atomic E-state index is 13.5. The quantitative estimate of drug-likeness (QED) is 0.207. The van der Waals surface area contributed by atoms with Crippen molar-refractivity contribution in [1.29, 1.82) is 0 Å². The highest BCUT2D eigenvalue weighted by Gasteiger charge is 2.26. The Morgan fingerprint density at radius 1 is 0.978 bits per heavy atom. The predicted octanol–water partition coefficient (Wildman–Crippen LogP) is 6.13. The predicted molar refractivity (Wildman–Crippen MR) is 178 cm³/mol. The molecular formula is C36H46N2O6S. The van der Waals surface area contributed by atoms with Gasteiger partial charge in [0.2, 0.25) is 0 Å². The summed E-state index contributed by atoms with van der Waals surface area (Å²) in [5.74, 6) is -0.641. The summed E-state index contributed by atoms with van der Waals surface area (Å²) in [5, 5.41) is 12.3. The third kappa shape index (κ3) is 10.4. The molecule has 1 aliphatic carbocycles. The van der Waals surface area contributed by atoms with E-state index in [9.17, 15) is 23.1 Å². The molecule has 1 amide bonds. The summed E-state index contributed by atoms with van der Waals surface area (Å²) in [4.78, 5) is 27.7. The molecule has 0 unspecified atom stereocenters. The van der Waals surface area contributed by atoms with Crippen LogP contribution >= 0.6 is 0 Å². The number of benzene rings is 3. The number of amides is 1. The summed E-state index contributed by atoms with van der Waals surface area (Å²) in [6.45, 7) is 3.19. The number of hydrogen-bond acceptors (Lipinski definition) is 6. The zero-order valence-electron chi connectivity index (χ0n) is 26.6. The van der Waals surface area contributed by atoms with E-state index in [0.29, 0.717) is 30.2 Å². The van der Waals surface area contributed by atoms with Gasteiger partial charge in [0.1, 0.15) is 28.2 Å². The first kappa shape index (κ1) is 34.2. The molecule has 4 rings (SSSR count). The van der Waals surface area contributed by atoms with Crippen LogP contribution in [0.5, 0.6) is 5.75 Å². The molecule has 1 saturated carbocycles. The van der Waals surface area contributed by atoms with Crippen LogP contribution in [0.3, 0.4) is 0 Å². The van der Waals surface area contributed by atoms with Crippen LogP contribution in [0.25, 0.3) is 11.1 Å². The number of aryl methyl sites for hydroxylation is 1. The zero-order chi connectivity index (χ0) is 32.4. The van der Waals surface area contributed by atoms with Crippen molar-refractivity contribution in [3.05, 3.63) is 89.5 Å². The molecule has 0 radical (unpaired) electrons. The summed E-state index contributed by atoms with van der Waals surface area (Å²) < 4.78 is 29.6. The first-order chi connectivity index (χ1) is 21.5. The van der Waals surface area contributed by atoms with Gasteiger partial charge in [0.05, 0.1) is 5.75 Å². The van der Waals surface area contributed by atoms with Crippen LogP contribution in [0, 0.1) is 12.8 Å². The van der Waals surface area contributed by atoms with Gasteiger partial charge < -0.3 is 15.2 Å². The Bertz CT molecular complexity index is 1540. The first-order valence-corrected chi connectivity index (χ1v) is 17.8. The van der Waals surface area contributed by atoms with Crippen LogP contribution in [-0.2, 0) is 21.2 Å². The summed E-state index contributed by atoms with van der Waals surface area (Å²) in [5.41, 5.74) is 3.92. The van der Waals surface area contributed by atoms with E-state index in [4.69, 9.17) is 4.74 Å². The minimum absolute atomic E-state index is 0.198. The number of sulfone groups is 1. The lowest BCUT2D eigenvalue weighted by molar-refractivity contribution is -0.139. The van der Waals surface area contributed by atoms with E-state index in [1.807, 2.05) is 73.7 Å². The molecule has 2 atom stereocenters. The number of hydrogen-bond donors (Lipinski definition) is 2. The number of nitrogens with zero attached hydrogens (tertiary/aromatic N) is 1. The monoisotopic (exact) mass is 634 g/mol. The lowest BCUT2D eigenvalue weighted by Gasteiger charge is -2.33. The van der Waals surface area contributed by atoms with Gasteiger partial charge in [0.25, 0.3) is 5.91 Å². The van der Waals surface area contributed by atoms with Crippen molar-refractivity contribution < 1.29 is 27.9 Å². The number of carboxylic acid groups (broad SMARTS) is 1. The highest BCUT2D eigenvalue weighted by atomic mass is 32.2. The zero-order valence-corrected chi connectivity index (χ0v) is 27.4.